The Morgan fingerprint density at radius 1 is 1.10 bits per heavy atom. The van der Waals surface area contributed by atoms with Crippen LogP contribution in [-0.2, 0) is 6.54 Å². The van der Waals surface area contributed by atoms with Crippen molar-refractivity contribution in [2.45, 2.75) is 26.4 Å². The topological polar surface area (TPSA) is 38.1 Å². The molecule has 20 heavy (non-hydrogen) atoms. The largest absolute Gasteiger partial charge is 0.360 e. The number of hydrogen-bond donors (Lipinski definition) is 1. The molecule has 1 heterocycles. The average molecular weight is 266 g/mol. The highest BCUT2D eigenvalue weighted by molar-refractivity contribution is 5.83. The van der Waals surface area contributed by atoms with Crippen LogP contribution in [0.3, 0.4) is 0 Å². The third-order valence-electron chi connectivity index (χ3n) is 3.53. The molecule has 0 aliphatic carbocycles. The van der Waals surface area contributed by atoms with Crippen LogP contribution in [0, 0.1) is 6.92 Å². The number of hydrogen-bond acceptors (Lipinski definition) is 3. The van der Waals surface area contributed by atoms with Crippen LogP contribution in [0.2, 0.25) is 0 Å². The van der Waals surface area contributed by atoms with Gasteiger partial charge in [-0.3, -0.25) is 0 Å². The molecule has 3 nitrogen and oxygen atoms in total. The van der Waals surface area contributed by atoms with E-state index in [2.05, 4.69) is 59.9 Å². The van der Waals surface area contributed by atoms with Crippen LogP contribution in [0.1, 0.15) is 30.0 Å². The van der Waals surface area contributed by atoms with Crippen LogP contribution in [0.5, 0.6) is 0 Å². The lowest BCUT2D eigenvalue weighted by atomic mass is 10.0. The van der Waals surface area contributed by atoms with Crippen LogP contribution < -0.4 is 5.32 Å². The summed E-state index contributed by atoms with van der Waals surface area (Å²) in [5, 5.41) is 9.90. The second-order valence-electron chi connectivity index (χ2n) is 5.14. The van der Waals surface area contributed by atoms with E-state index in [1.807, 2.05) is 13.0 Å². The summed E-state index contributed by atoms with van der Waals surface area (Å²) in [6.45, 7) is 4.78. The average Bonchev–Trinajstić information content (AvgIpc) is 2.90. The fraction of sp³-hybridized carbons (Fsp3) is 0.235. The Labute approximate surface area is 118 Å². The summed E-state index contributed by atoms with van der Waals surface area (Å²) in [4.78, 5) is 0. The van der Waals surface area contributed by atoms with Gasteiger partial charge in [0.25, 0.3) is 0 Å². The Hall–Kier alpha value is -2.13. The zero-order valence-corrected chi connectivity index (χ0v) is 11.8. The quantitative estimate of drug-likeness (QED) is 0.776. The molecule has 0 amide bonds. The summed E-state index contributed by atoms with van der Waals surface area (Å²) in [5.41, 5.74) is 2.19. The van der Waals surface area contributed by atoms with Crippen molar-refractivity contribution in [1.29, 1.82) is 0 Å². The summed E-state index contributed by atoms with van der Waals surface area (Å²) in [6, 6.07) is 17.2. The van der Waals surface area contributed by atoms with Crippen molar-refractivity contribution in [2.75, 3.05) is 0 Å². The summed E-state index contributed by atoms with van der Waals surface area (Å²) in [7, 11) is 0. The minimum Gasteiger partial charge on any atom is -0.360 e. The van der Waals surface area contributed by atoms with Crippen LogP contribution in [0.15, 0.2) is 53.1 Å². The molecule has 0 bridgehead atoms. The Morgan fingerprint density at radius 3 is 2.65 bits per heavy atom. The Balaban J connectivity index is 1.73. The van der Waals surface area contributed by atoms with Crippen molar-refractivity contribution in [2.24, 2.45) is 0 Å². The molecule has 2 aromatic carbocycles. The van der Waals surface area contributed by atoms with Crippen LogP contribution in [0.4, 0.5) is 0 Å². The van der Waals surface area contributed by atoms with Gasteiger partial charge in [0.15, 0.2) is 5.76 Å². The van der Waals surface area contributed by atoms with E-state index in [4.69, 9.17) is 4.52 Å². The lowest BCUT2D eigenvalue weighted by Crippen LogP contribution is -2.17. The number of nitrogens with zero attached hydrogens (tertiary/aromatic N) is 1. The third-order valence-corrected chi connectivity index (χ3v) is 3.53. The highest BCUT2D eigenvalue weighted by Crippen LogP contribution is 2.20. The molecule has 102 valence electrons. The maximum atomic E-state index is 5.21. The lowest BCUT2D eigenvalue weighted by molar-refractivity contribution is 0.363. The smallest absolute Gasteiger partial charge is 0.150 e. The SMILES string of the molecule is Cc1cc(CNC(C)c2ccc3ccccc3c2)on1. The molecule has 0 radical (unpaired) electrons. The molecule has 3 heteroatoms. The van der Waals surface area contributed by atoms with E-state index >= 15 is 0 Å². The van der Waals surface area contributed by atoms with Gasteiger partial charge in [0.1, 0.15) is 0 Å². The van der Waals surface area contributed by atoms with E-state index in [-0.39, 0.29) is 6.04 Å². The first kappa shape index (κ1) is 12.9. The number of fused-ring (bicyclic) bond motifs is 1. The van der Waals surface area contributed by atoms with Gasteiger partial charge in [-0.2, -0.15) is 0 Å². The molecule has 0 saturated heterocycles. The van der Waals surface area contributed by atoms with Gasteiger partial charge in [-0.1, -0.05) is 41.6 Å². The zero-order valence-electron chi connectivity index (χ0n) is 11.8. The standard InChI is InChI=1S/C17H18N2O/c1-12-9-17(20-19-12)11-18-13(2)15-8-7-14-5-3-4-6-16(14)10-15/h3-10,13,18H,11H2,1-2H3. The van der Waals surface area contributed by atoms with E-state index in [1.54, 1.807) is 0 Å². The molecule has 1 atom stereocenters. The van der Waals surface area contributed by atoms with Crippen molar-refractivity contribution in [3.8, 4) is 0 Å². The normalized spacial score (nSPS) is 12.7. The van der Waals surface area contributed by atoms with E-state index < -0.39 is 0 Å². The molecule has 0 saturated carbocycles. The van der Waals surface area contributed by atoms with Gasteiger partial charge < -0.3 is 9.84 Å². The van der Waals surface area contributed by atoms with Crippen molar-refractivity contribution in [1.82, 2.24) is 10.5 Å². The van der Waals surface area contributed by atoms with Gasteiger partial charge in [0.05, 0.1) is 12.2 Å². The van der Waals surface area contributed by atoms with Gasteiger partial charge in [-0.25, -0.2) is 0 Å². The number of benzene rings is 2. The van der Waals surface area contributed by atoms with Gasteiger partial charge in [0, 0.05) is 12.1 Å². The first-order chi connectivity index (χ1) is 9.72. The minimum absolute atomic E-state index is 0.269. The highest BCUT2D eigenvalue weighted by atomic mass is 16.5. The van der Waals surface area contributed by atoms with Crippen molar-refractivity contribution in [3.63, 3.8) is 0 Å². The first-order valence-corrected chi connectivity index (χ1v) is 6.86. The van der Waals surface area contributed by atoms with Crippen molar-refractivity contribution < 1.29 is 4.52 Å². The summed E-state index contributed by atoms with van der Waals surface area (Å²) in [5.74, 6) is 0.870. The molecule has 0 aliphatic rings. The highest BCUT2D eigenvalue weighted by Gasteiger charge is 2.07. The maximum absolute atomic E-state index is 5.21. The van der Waals surface area contributed by atoms with Crippen molar-refractivity contribution >= 4 is 10.8 Å². The van der Waals surface area contributed by atoms with Gasteiger partial charge in [-0.15, -0.1) is 0 Å². The number of nitrogens with one attached hydrogen (secondary N) is 1. The van der Waals surface area contributed by atoms with E-state index in [0.29, 0.717) is 6.54 Å². The van der Waals surface area contributed by atoms with E-state index in [1.165, 1.54) is 16.3 Å². The molecule has 1 unspecified atom stereocenters. The van der Waals surface area contributed by atoms with Crippen LogP contribution in [0.25, 0.3) is 10.8 Å². The number of rotatable bonds is 4. The number of aromatic nitrogens is 1. The zero-order chi connectivity index (χ0) is 13.9. The fourth-order valence-electron chi connectivity index (χ4n) is 2.35. The van der Waals surface area contributed by atoms with Gasteiger partial charge in [-0.05, 0) is 36.2 Å². The predicted octanol–water partition coefficient (Wildman–Crippen LogP) is 3.99. The monoisotopic (exact) mass is 266 g/mol. The van der Waals surface area contributed by atoms with Gasteiger partial charge >= 0.3 is 0 Å². The Kier molecular flexibility index (Phi) is 3.52. The third kappa shape index (κ3) is 2.73. The van der Waals surface area contributed by atoms with E-state index in [9.17, 15) is 0 Å². The number of aryl methyl sites for hydroxylation is 1. The molecular weight excluding hydrogens is 248 g/mol. The molecule has 3 rings (SSSR count). The molecule has 1 N–H and O–H groups in total. The fourth-order valence-corrected chi connectivity index (χ4v) is 2.35. The molecule has 0 aliphatic heterocycles. The summed E-state index contributed by atoms with van der Waals surface area (Å²) in [6.07, 6.45) is 0. The van der Waals surface area contributed by atoms with Crippen LogP contribution >= 0.6 is 0 Å². The summed E-state index contributed by atoms with van der Waals surface area (Å²) >= 11 is 0. The molecule has 1 aromatic heterocycles. The van der Waals surface area contributed by atoms with E-state index in [0.717, 1.165) is 11.5 Å². The Morgan fingerprint density at radius 2 is 1.90 bits per heavy atom. The molecule has 0 fully saturated rings. The maximum Gasteiger partial charge on any atom is 0.150 e. The first-order valence-electron chi connectivity index (χ1n) is 6.86. The molecular formula is C17H18N2O. The summed E-state index contributed by atoms with van der Waals surface area (Å²) < 4.78 is 5.21. The lowest BCUT2D eigenvalue weighted by Gasteiger charge is -2.13. The Bertz CT molecular complexity index is 718. The molecule has 0 spiro atoms. The van der Waals surface area contributed by atoms with Crippen molar-refractivity contribution in [3.05, 3.63) is 65.5 Å². The second kappa shape index (κ2) is 5.47. The minimum atomic E-state index is 0.269. The van der Waals surface area contributed by atoms with Crippen LogP contribution in [-0.4, -0.2) is 5.16 Å². The predicted molar refractivity (Wildman–Crippen MR) is 80.4 cm³/mol. The van der Waals surface area contributed by atoms with Gasteiger partial charge in [0.2, 0.25) is 0 Å². The molecule has 3 aromatic rings. The second-order valence-corrected chi connectivity index (χ2v) is 5.14.